The first-order chi connectivity index (χ1) is 14.6. The van der Waals surface area contributed by atoms with Crippen LogP contribution in [-0.2, 0) is 6.54 Å². The van der Waals surface area contributed by atoms with Crippen LogP contribution in [0.4, 0.5) is 16.2 Å². The van der Waals surface area contributed by atoms with Gasteiger partial charge in [-0.25, -0.2) is 4.79 Å². The summed E-state index contributed by atoms with van der Waals surface area (Å²) in [6.45, 7) is 11.2. The number of aryl methyl sites for hydroxylation is 1. The third-order valence-electron chi connectivity index (χ3n) is 5.48. The van der Waals surface area contributed by atoms with Crippen molar-refractivity contribution in [1.29, 1.82) is 0 Å². The van der Waals surface area contributed by atoms with Crippen molar-refractivity contribution in [2.75, 3.05) is 30.9 Å². The molecule has 0 aliphatic carbocycles. The number of carbonyl (C=O) groups excluding carboxylic acids is 2. The van der Waals surface area contributed by atoms with Gasteiger partial charge in [0.05, 0.1) is 0 Å². The number of hydrogen-bond donors (Lipinski definition) is 2. The van der Waals surface area contributed by atoms with Crippen LogP contribution in [0.3, 0.4) is 0 Å². The molecule has 0 aromatic heterocycles. The molecule has 31 heavy (non-hydrogen) atoms. The van der Waals surface area contributed by atoms with Crippen LogP contribution >= 0.6 is 0 Å². The Morgan fingerprint density at radius 2 is 1.74 bits per heavy atom. The monoisotopic (exact) mass is 424 g/mol. The lowest BCUT2D eigenvalue weighted by Gasteiger charge is -2.33. The quantitative estimate of drug-likeness (QED) is 0.634. The van der Waals surface area contributed by atoms with Crippen LogP contribution in [0.25, 0.3) is 0 Å². The zero-order chi connectivity index (χ0) is 23.1. The first kappa shape index (κ1) is 24.3. The van der Waals surface area contributed by atoms with E-state index in [0.29, 0.717) is 30.3 Å². The number of nitrogens with one attached hydrogen (secondary N) is 2. The molecule has 0 heterocycles. The molecule has 0 saturated carbocycles. The first-order valence-corrected chi connectivity index (χ1v) is 10.9. The van der Waals surface area contributed by atoms with Crippen molar-refractivity contribution in [1.82, 2.24) is 10.2 Å². The summed E-state index contributed by atoms with van der Waals surface area (Å²) in [5, 5.41) is 5.62. The Morgan fingerprint density at radius 3 is 2.32 bits per heavy atom. The number of carbonyl (C=O) groups is 2. The van der Waals surface area contributed by atoms with Crippen LogP contribution in [0, 0.1) is 12.8 Å². The van der Waals surface area contributed by atoms with Gasteiger partial charge in [-0.3, -0.25) is 4.79 Å². The van der Waals surface area contributed by atoms with Crippen molar-refractivity contribution >= 4 is 23.3 Å². The molecule has 2 aromatic rings. The number of urea groups is 1. The van der Waals surface area contributed by atoms with E-state index >= 15 is 0 Å². The highest BCUT2D eigenvalue weighted by molar-refractivity contribution is 5.95. The summed E-state index contributed by atoms with van der Waals surface area (Å²) in [6.07, 6.45) is 0. The minimum absolute atomic E-state index is 0.0108. The first-order valence-electron chi connectivity index (χ1n) is 10.9. The Kier molecular flexibility index (Phi) is 8.48. The number of rotatable bonds is 8. The molecule has 6 nitrogen and oxygen atoms in total. The zero-order valence-electron chi connectivity index (χ0n) is 19.8. The van der Waals surface area contributed by atoms with Gasteiger partial charge in [-0.05, 0) is 62.6 Å². The summed E-state index contributed by atoms with van der Waals surface area (Å²) in [7, 11) is 3.96. The third-order valence-corrected chi connectivity index (χ3v) is 5.48. The molecule has 0 aliphatic heterocycles. The lowest BCUT2D eigenvalue weighted by Crippen LogP contribution is -2.41. The molecule has 2 aromatic carbocycles. The molecule has 0 fully saturated rings. The van der Waals surface area contributed by atoms with E-state index < -0.39 is 0 Å². The molecule has 2 N–H and O–H groups in total. The molecule has 0 spiro atoms. The summed E-state index contributed by atoms with van der Waals surface area (Å²) in [5.41, 5.74) is 4.44. The van der Waals surface area contributed by atoms with E-state index in [-0.39, 0.29) is 18.0 Å². The second-order valence-corrected chi connectivity index (χ2v) is 8.51. The predicted molar refractivity (Wildman–Crippen MR) is 129 cm³/mol. The summed E-state index contributed by atoms with van der Waals surface area (Å²) in [5.74, 6) is 0.310. The normalized spacial score (nSPS) is 11.7. The lowest BCUT2D eigenvalue weighted by molar-refractivity contribution is 0.0628. The average molecular weight is 425 g/mol. The van der Waals surface area contributed by atoms with Crippen LogP contribution in [0.5, 0.6) is 0 Å². The number of hydrogen-bond acceptors (Lipinski definition) is 3. The maximum Gasteiger partial charge on any atom is 0.319 e. The van der Waals surface area contributed by atoms with E-state index in [1.807, 2.05) is 80.2 Å². The van der Waals surface area contributed by atoms with Crippen LogP contribution in [0.2, 0.25) is 0 Å². The molecular formula is C25H36N4O2. The SMILES string of the molecule is CCNC(=O)Nc1ccc(N(C)C)c(CN(C(=O)c2cccc(C)c2)C(C)C(C)C)c1. The van der Waals surface area contributed by atoms with E-state index in [1.54, 1.807) is 0 Å². The van der Waals surface area contributed by atoms with Gasteiger partial charge in [0, 0.05) is 50.2 Å². The molecule has 1 unspecified atom stereocenters. The molecule has 3 amide bonds. The standard InChI is InChI=1S/C25H36N4O2/c1-8-26-25(31)27-22-12-13-23(28(6)7)21(15-22)16-29(19(5)17(2)3)24(30)20-11-9-10-18(4)14-20/h9-15,17,19H,8,16H2,1-7H3,(H2,26,27,31). The fraction of sp³-hybridized carbons (Fsp3) is 0.440. The third kappa shape index (κ3) is 6.48. The Morgan fingerprint density at radius 1 is 1.03 bits per heavy atom. The molecule has 168 valence electrons. The van der Waals surface area contributed by atoms with Gasteiger partial charge >= 0.3 is 6.03 Å². The van der Waals surface area contributed by atoms with E-state index in [4.69, 9.17) is 0 Å². The zero-order valence-corrected chi connectivity index (χ0v) is 19.8. The number of amides is 3. The van der Waals surface area contributed by atoms with Gasteiger partial charge in [0.1, 0.15) is 0 Å². The van der Waals surface area contributed by atoms with Gasteiger partial charge in [0.2, 0.25) is 0 Å². The van der Waals surface area contributed by atoms with E-state index in [1.165, 1.54) is 0 Å². The number of anilines is 2. The van der Waals surface area contributed by atoms with Gasteiger partial charge in [-0.15, -0.1) is 0 Å². The van der Waals surface area contributed by atoms with E-state index in [2.05, 4.69) is 31.4 Å². The Labute approximate surface area is 186 Å². The predicted octanol–water partition coefficient (Wildman–Crippen LogP) is 4.89. The lowest BCUT2D eigenvalue weighted by atomic mass is 10.0. The topological polar surface area (TPSA) is 64.7 Å². The highest BCUT2D eigenvalue weighted by Gasteiger charge is 2.25. The summed E-state index contributed by atoms with van der Waals surface area (Å²) < 4.78 is 0. The van der Waals surface area contributed by atoms with Gasteiger partial charge in [0.15, 0.2) is 0 Å². The molecule has 2 rings (SSSR count). The molecular weight excluding hydrogens is 388 g/mol. The molecule has 0 saturated heterocycles. The second-order valence-electron chi connectivity index (χ2n) is 8.51. The fourth-order valence-corrected chi connectivity index (χ4v) is 3.45. The van der Waals surface area contributed by atoms with Crippen molar-refractivity contribution in [2.45, 2.75) is 47.2 Å². The van der Waals surface area contributed by atoms with Crippen LogP contribution in [0.15, 0.2) is 42.5 Å². The minimum atomic E-state index is -0.241. The minimum Gasteiger partial charge on any atom is -0.377 e. The van der Waals surface area contributed by atoms with Gasteiger partial charge in [-0.2, -0.15) is 0 Å². The van der Waals surface area contributed by atoms with Crippen LogP contribution in [0.1, 0.15) is 49.2 Å². The van der Waals surface area contributed by atoms with Gasteiger partial charge in [-0.1, -0.05) is 31.5 Å². The number of benzene rings is 2. The van der Waals surface area contributed by atoms with Crippen molar-refractivity contribution < 1.29 is 9.59 Å². The average Bonchev–Trinajstić information content (AvgIpc) is 2.71. The molecule has 1 atom stereocenters. The van der Waals surface area contributed by atoms with E-state index in [9.17, 15) is 9.59 Å². The number of nitrogens with zero attached hydrogens (tertiary/aromatic N) is 2. The van der Waals surface area contributed by atoms with Crippen molar-refractivity contribution in [3.05, 3.63) is 59.2 Å². The Hall–Kier alpha value is -3.02. The second kappa shape index (κ2) is 10.8. The highest BCUT2D eigenvalue weighted by atomic mass is 16.2. The van der Waals surface area contributed by atoms with Crippen molar-refractivity contribution in [3.63, 3.8) is 0 Å². The fourth-order valence-electron chi connectivity index (χ4n) is 3.45. The maximum atomic E-state index is 13.5. The Balaban J connectivity index is 2.44. The van der Waals surface area contributed by atoms with Gasteiger partial charge < -0.3 is 20.4 Å². The summed E-state index contributed by atoms with van der Waals surface area (Å²) in [4.78, 5) is 29.5. The smallest absolute Gasteiger partial charge is 0.319 e. The molecule has 6 heteroatoms. The molecule has 0 bridgehead atoms. The summed E-state index contributed by atoms with van der Waals surface area (Å²) in [6, 6.07) is 13.3. The van der Waals surface area contributed by atoms with E-state index in [0.717, 1.165) is 16.8 Å². The highest BCUT2D eigenvalue weighted by Crippen LogP contribution is 2.27. The van der Waals surface area contributed by atoms with Crippen molar-refractivity contribution in [2.24, 2.45) is 5.92 Å². The van der Waals surface area contributed by atoms with Crippen molar-refractivity contribution in [3.8, 4) is 0 Å². The molecule has 0 aliphatic rings. The van der Waals surface area contributed by atoms with Gasteiger partial charge in [0.25, 0.3) is 5.91 Å². The maximum absolute atomic E-state index is 13.5. The largest absolute Gasteiger partial charge is 0.377 e. The molecule has 0 radical (unpaired) electrons. The van der Waals surface area contributed by atoms with Crippen LogP contribution < -0.4 is 15.5 Å². The van der Waals surface area contributed by atoms with Crippen LogP contribution in [-0.4, -0.2) is 43.5 Å². The summed E-state index contributed by atoms with van der Waals surface area (Å²) >= 11 is 0. The Bertz CT molecular complexity index is 908.